The highest BCUT2D eigenvalue weighted by Gasteiger charge is 2.31. The summed E-state index contributed by atoms with van der Waals surface area (Å²) in [5.74, 6) is -0.205. The number of hydrogen-bond donors (Lipinski definition) is 1. The summed E-state index contributed by atoms with van der Waals surface area (Å²) >= 11 is 0. The number of aliphatic hydroxyl groups excluding tert-OH is 1. The van der Waals surface area contributed by atoms with E-state index in [1.54, 1.807) is 12.2 Å². The third-order valence-electron chi connectivity index (χ3n) is 4.35. The molecule has 0 saturated heterocycles. The molecule has 0 radical (unpaired) electrons. The van der Waals surface area contributed by atoms with E-state index in [1.165, 1.54) is 20.3 Å². The molecule has 1 N–H and O–H groups in total. The molecule has 2 aromatic rings. The zero-order chi connectivity index (χ0) is 17.4. The maximum absolute atomic E-state index is 11.8. The molecule has 3 rings (SSSR count). The highest BCUT2D eigenvalue weighted by atomic mass is 16.5. The largest absolute Gasteiger partial charge is 0.492 e. The predicted octanol–water partition coefficient (Wildman–Crippen LogP) is 2.81. The minimum absolute atomic E-state index is 0.00210. The van der Waals surface area contributed by atoms with Crippen LogP contribution in [0.1, 0.15) is 46.8 Å². The molecule has 1 heterocycles. The Morgan fingerprint density at radius 3 is 2.83 bits per heavy atom. The molecular formula is C18H18O6. The molecule has 1 aliphatic carbocycles. The van der Waals surface area contributed by atoms with Gasteiger partial charge in [-0.1, -0.05) is 19.1 Å². The molecule has 1 aromatic heterocycles. The van der Waals surface area contributed by atoms with E-state index >= 15 is 0 Å². The van der Waals surface area contributed by atoms with Gasteiger partial charge in [0.05, 0.1) is 19.5 Å². The average Bonchev–Trinajstić information content (AvgIpc) is 2.98. The molecule has 2 atom stereocenters. The Labute approximate surface area is 138 Å². The monoisotopic (exact) mass is 330 g/mol. The van der Waals surface area contributed by atoms with Crippen molar-refractivity contribution in [3.63, 3.8) is 0 Å². The van der Waals surface area contributed by atoms with E-state index in [2.05, 4.69) is 0 Å². The van der Waals surface area contributed by atoms with Crippen molar-refractivity contribution < 1.29 is 28.6 Å². The Bertz CT molecular complexity index is 845. The topological polar surface area (TPSA) is 86.0 Å². The fourth-order valence-electron chi connectivity index (χ4n) is 3.18. The number of carbonyl (C=O) groups excluding carboxylic acids is 2. The van der Waals surface area contributed by atoms with Crippen molar-refractivity contribution in [2.45, 2.75) is 32.5 Å². The van der Waals surface area contributed by atoms with Crippen LogP contribution >= 0.6 is 0 Å². The molecule has 1 aliphatic rings. The third-order valence-corrected chi connectivity index (χ3v) is 4.35. The van der Waals surface area contributed by atoms with Gasteiger partial charge in [0, 0.05) is 34.9 Å². The zero-order valence-corrected chi connectivity index (χ0v) is 13.7. The molecule has 0 aliphatic heterocycles. The lowest BCUT2D eigenvalue weighted by Crippen LogP contribution is -2.19. The Morgan fingerprint density at radius 1 is 1.46 bits per heavy atom. The van der Waals surface area contributed by atoms with Crippen molar-refractivity contribution in [2.75, 3.05) is 7.11 Å². The fraction of sp³-hybridized carbons (Fsp3) is 0.333. The minimum atomic E-state index is -0.692. The van der Waals surface area contributed by atoms with E-state index in [0.29, 0.717) is 33.4 Å². The van der Waals surface area contributed by atoms with E-state index in [1.807, 2.05) is 6.92 Å². The highest BCUT2D eigenvalue weighted by Crippen LogP contribution is 2.44. The van der Waals surface area contributed by atoms with Gasteiger partial charge in [0.15, 0.2) is 17.6 Å². The van der Waals surface area contributed by atoms with Crippen LogP contribution in [0.5, 0.6) is 5.75 Å². The lowest BCUT2D eigenvalue weighted by Gasteiger charge is -2.26. The SMILES string of the molecule is COc1c2c(c(C=O)c3c(COC(C)=O)coc13)[C@@H](C)[C@H](O)C=C2. The standard InChI is InChI=1S/C18H18O6/c1-9-14(21)5-4-12-15(9)13(6-19)16-11(7-23-10(2)20)8-24-18(16)17(12)22-3/h4-6,8-9,14,21H,7H2,1-3H3/t9-,14+/m0/s1. The van der Waals surface area contributed by atoms with Gasteiger partial charge in [0.1, 0.15) is 6.61 Å². The average molecular weight is 330 g/mol. The van der Waals surface area contributed by atoms with Crippen LogP contribution in [0.4, 0.5) is 0 Å². The predicted molar refractivity (Wildman–Crippen MR) is 87.1 cm³/mol. The second-order valence-electron chi connectivity index (χ2n) is 5.78. The Balaban J connectivity index is 2.33. The quantitative estimate of drug-likeness (QED) is 0.685. The smallest absolute Gasteiger partial charge is 0.302 e. The van der Waals surface area contributed by atoms with Gasteiger partial charge in [-0.05, 0) is 5.56 Å². The molecule has 0 amide bonds. The summed E-state index contributed by atoms with van der Waals surface area (Å²) < 4.78 is 16.1. The van der Waals surface area contributed by atoms with Crippen LogP contribution in [0.15, 0.2) is 16.8 Å². The first-order valence-electron chi connectivity index (χ1n) is 7.58. The number of aliphatic hydroxyl groups is 1. The van der Waals surface area contributed by atoms with E-state index in [-0.39, 0.29) is 12.5 Å². The van der Waals surface area contributed by atoms with E-state index in [4.69, 9.17) is 13.9 Å². The molecule has 126 valence electrons. The molecule has 0 spiro atoms. The molecule has 1 aromatic carbocycles. The second kappa shape index (κ2) is 6.13. The van der Waals surface area contributed by atoms with Crippen LogP contribution in [0.3, 0.4) is 0 Å². The normalized spacial score (nSPS) is 19.2. The number of ether oxygens (including phenoxy) is 2. The van der Waals surface area contributed by atoms with Crippen molar-refractivity contribution in [1.82, 2.24) is 0 Å². The highest BCUT2D eigenvalue weighted by molar-refractivity contribution is 6.05. The first-order valence-corrected chi connectivity index (χ1v) is 7.58. The Hall–Kier alpha value is -2.60. The van der Waals surface area contributed by atoms with Crippen LogP contribution in [-0.4, -0.2) is 30.6 Å². The van der Waals surface area contributed by atoms with Gasteiger partial charge >= 0.3 is 5.97 Å². The molecule has 0 unspecified atom stereocenters. The summed E-state index contributed by atoms with van der Waals surface area (Å²) in [4.78, 5) is 22.9. The van der Waals surface area contributed by atoms with Crippen molar-refractivity contribution in [3.05, 3.63) is 34.6 Å². The van der Waals surface area contributed by atoms with Gasteiger partial charge in [-0.2, -0.15) is 0 Å². The zero-order valence-electron chi connectivity index (χ0n) is 13.7. The number of furan rings is 1. The fourth-order valence-corrected chi connectivity index (χ4v) is 3.18. The molecule has 0 fully saturated rings. The number of fused-ring (bicyclic) bond motifs is 2. The van der Waals surface area contributed by atoms with Crippen LogP contribution in [-0.2, 0) is 16.1 Å². The summed E-state index contributed by atoms with van der Waals surface area (Å²) in [6.45, 7) is 3.16. The van der Waals surface area contributed by atoms with Crippen molar-refractivity contribution >= 4 is 29.3 Å². The maximum Gasteiger partial charge on any atom is 0.302 e. The number of rotatable bonds is 4. The van der Waals surface area contributed by atoms with Gasteiger partial charge in [-0.3, -0.25) is 9.59 Å². The number of aldehydes is 1. The van der Waals surface area contributed by atoms with Gasteiger partial charge in [-0.15, -0.1) is 0 Å². The minimum Gasteiger partial charge on any atom is -0.492 e. The first kappa shape index (κ1) is 16.3. The summed E-state index contributed by atoms with van der Waals surface area (Å²) in [6, 6.07) is 0. The number of methoxy groups -OCH3 is 1. The Kier molecular flexibility index (Phi) is 4.15. The lowest BCUT2D eigenvalue weighted by molar-refractivity contribution is -0.142. The molecule has 6 nitrogen and oxygen atoms in total. The molecule has 6 heteroatoms. The van der Waals surface area contributed by atoms with Crippen LogP contribution in [0, 0.1) is 0 Å². The van der Waals surface area contributed by atoms with Gasteiger partial charge in [0.25, 0.3) is 0 Å². The third kappa shape index (κ3) is 2.39. The summed E-state index contributed by atoms with van der Waals surface area (Å²) in [5.41, 5.74) is 2.86. The van der Waals surface area contributed by atoms with E-state index in [9.17, 15) is 14.7 Å². The number of benzene rings is 1. The summed E-state index contributed by atoms with van der Waals surface area (Å²) in [6.07, 6.45) is 4.91. The number of hydrogen-bond acceptors (Lipinski definition) is 6. The molecule has 0 saturated carbocycles. The molecule has 24 heavy (non-hydrogen) atoms. The van der Waals surface area contributed by atoms with Crippen molar-refractivity contribution in [1.29, 1.82) is 0 Å². The summed E-state index contributed by atoms with van der Waals surface area (Å²) in [5, 5.41) is 10.7. The van der Waals surface area contributed by atoms with E-state index in [0.717, 1.165) is 11.8 Å². The van der Waals surface area contributed by atoms with Gasteiger partial charge in [0.2, 0.25) is 0 Å². The second-order valence-corrected chi connectivity index (χ2v) is 5.78. The lowest BCUT2D eigenvalue weighted by atomic mass is 9.81. The van der Waals surface area contributed by atoms with Crippen molar-refractivity contribution in [3.8, 4) is 5.75 Å². The number of esters is 1. The van der Waals surface area contributed by atoms with Crippen molar-refractivity contribution in [2.24, 2.45) is 0 Å². The number of carbonyl (C=O) groups is 2. The van der Waals surface area contributed by atoms with E-state index < -0.39 is 12.1 Å². The van der Waals surface area contributed by atoms with Crippen LogP contribution < -0.4 is 4.74 Å². The molecule has 0 bridgehead atoms. The van der Waals surface area contributed by atoms with Gasteiger partial charge < -0.3 is 19.0 Å². The Morgan fingerprint density at radius 2 is 2.21 bits per heavy atom. The maximum atomic E-state index is 11.8. The first-order chi connectivity index (χ1) is 11.5. The van der Waals surface area contributed by atoms with Gasteiger partial charge in [-0.25, -0.2) is 0 Å². The van der Waals surface area contributed by atoms with Crippen LogP contribution in [0.2, 0.25) is 0 Å². The van der Waals surface area contributed by atoms with Crippen LogP contribution in [0.25, 0.3) is 17.0 Å². The molecular weight excluding hydrogens is 312 g/mol. The summed E-state index contributed by atoms with van der Waals surface area (Å²) in [7, 11) is 1.52.